The van der Waals surface area contributed by atoms with E-state index in [9.17, 15) is 13.2 Å². The smallest absolute Gasteiger partial charge is 0.303 e. The quantitative estimate of drug-likeness (QED) is 0.770. The number of carboxylic acids is 1. The van der Waals surface area contributed by atoms with Crippen molar-refractivity contribution in [3.05, 3.63) is 65.7 Å². The van der Waals surface area contributed by atoms with Gasteiger partial charge in [0.15, 0.2) is 0 Å². The molecule has 2 aromatic carbocycles. The molecule has 0 bridgehead atoms. The first-order valence-corrected chi connectivity index (χ1v) is 10.9. The summed E-state index contributed by atoms with van der Waals surface area (Å²) in [6.07, 6.45) is 0.588. The van der Waals surface area contributed by atoms with Gasteiger partial charge in [0.2, 0.25) is 10.0 Å². The fraction of sp³-hybridized carbons (Fsp3) is 0.381. The van der Waals surface area contributed by atoms with Crippen molar-refractivity contribution in [3.8, 4) is 0 Å². The lowest BCUT2D eigenvalue weighted by Gasteiger charge is -2.39. The largest absolute Gasteiger partial charge is 0.481 e. The maximum atomic E-state index is 12.8. The minimum Gasteiger partial charge on any atom is -0.481 e. The van der Waals surface area contributed by atoms with Gasteiger partial charge in [0.1, 0.15) is 0 Å². The van der Waals surface area contributed by atoms with Crippen LogP contribution in [0.1, 0.15) is 30.0 Å². The van der Waals surface area contributed by atoms with Gasteiger partial charge in [-0.15, -0.1) is 0 Å². The zero-order chi connectivity index (χ0) is 20.1. The van der Waals surface area contributed by atoms with Crippen LogP contribution < -0.4 is 0 Å². The number of aliphatic carboxylic acids is 1. The van der Waals surface area contributed by atoms with Gasteiger partial charge in [0.05, 0.1) is 4.90 Å². The van der Waals surface area contributed by atoms with Gasteiger partial charge in [-0.1, -0.05) is 48.0 Å². The molecular weight excluding hydrogens is 376 g/mol. The van der Waals surface area contributed by atoms with E-state index >= 15 is 0 Å². The fourth-order valence-corrected chi connectivity index (χ4v) is 5.05. The molecule has 150 valence electrons. The normalized spacial score (nSPS) is 17.3. The first-order valence-electron chi connectivity index (χ1n) is 9.45. The van der Waals surface area contributed by atoms with Crippen molar-refractivity contribution in [3.63, 3.8) is 0 Å². The van der Waals surface area contributed by atoms with Crippen LogP contribution in [0.25, 0.3) is 0 Å². The fourth-order valence-electron chi connectivity index (χ4n) is 3.61. The highest BCUT2D eigenvalue weighted by atomic mass is 32.2. The van der Waals surface area contributed by atoms with E-state index in [2.05, 4.69) is 4.90 Å². The van der Waals surface area contributed by atoms with E-state index in [1.807, 2.05) is 31.2 Å². The highest BCUT2D eigenvalue weighted by molar-refractivity contribution is 7.89. The molecule has 7 heteroatoms. The van der Waals surface area contributed by atoms with Gasteiger partial charge in [0.25, 0.3) is 0 Å². The Kier molecular flexibility index (Phi) is 6.49. The minimum atomic E-state index is -3.49. The maximum Gasteiger partial charge on any atom is 0.303 e. The molecule has 1 saturated heterocycles. The van der Waals surface area contributed by atoms with Crippen molar-refractivity contribution in [2.24, 2.45) is 0 Å². The van der Waals surface area contributed by atoms with Crippen LogP contribution >= 0.6 is 0 Å². The van der Waals surface area contributed by atoms with E-state index in [1.54, 1.807) is 30.3 Å². The lowest BCUT2D eigenvalue weighted by molar-refractivity contribution is -0.137. The Bertz CT molecular complexity index is 890. The number of carbonyl (C=O) groups is 1. The molecule has 1 atom stereocenters. The topological polar surface area (TPSA) is 77.9 Å². The third kappa shape index (κ3) is 4.79. The molecule has 0 radical (unpaired) electrons. The molecule has 0 amide bonds. The number of sulfonamides is 1. The second-order valence-electron chi connectivity index (χ2n) is 7.11. The molecule has 1 aliphatic heterocycles. The Labute approximate surface area is 166 Å². The van der Waals surface area contributed by atoms with Crippen molar-refractivity contribution >= 4 is 16.0 Å². The third-order valence-corrected chi connectivity index (χ3v) is 7.10. The van der Waals surface area contributed by atoms with Crippen molar-refractivity contribution in [1.82, 2.24) is 9.21 Å². The van der Waals surface area contributed by atoms with Crippen LogP contribution in [-0.4, -0.2) is 54.9 Å². The highest BCUT2D eigenvalue weighted by Gasteiger charge is 2.31. The molecule has 1 N–H and O–H groups in total. The molecule has 0 aliphatic carbocycles. The Morgan fingerprint density at radius 1 is 1.00 bits per heavy atom. The number of hydrogen-bond acceptors (Lipinski definition) is 4. The molecule has 3 rings (SSSR count). The highest BCUT2D eigenvalue weighted by Crippen LogP contribution is 2.28. The van der Waals surface area contributed by atoms with Crippen LogP contribution in [0, 0.1) is 6.92 Å². The predicted octanol–water partition coefficient (Wildman–Crippen LogP) is 2.91. The van der Waals surface area contributed by atoms with E-state index in [0.29, 0.717) is 37.5 Å². The summed E-state index contributed by atoms with van der Waals surface area (Å²) in [6.45, 7) is 3.96. The molecule has 1 aliphatic rings. The van der Waals surface area contributed by atoms with Gasteiger partial charge in [-0.3, -0.25) is 9.69 Å². The number of carboxylic acid groups (broad SMARTS) is 1. The molecule has 0 spiro atoms. The summed E-state index contributed by atoms with van der Waals surface area (Å²) in [5.41, 5.74) is 2.23. The van der Waals surface area contributed by atoms with E-state index in [4.69, 9.17) is 5.11 Å². The van der Waals surface area contributed by atoms with Crippen molar-refractivity contribution in [2.45, 2.75) is 30.7 Å². The summed E-state index contributed by atoms with van der Waals surface area (Å²) in [4.78, 5) is 13.6. The summed E-state index contributed by atoms with van der Waals surface area (Å²) in [7, 11) is -3.49. The molecule has 0 saturated carbocycles. The van der Waals surface area contributed by atoms with Crippen molar-refractivity contribution in [2.75, 3.05) is 26.2 Å². The summed E-state index contributed by atoms with van der Waals surface area (Å²) >= 11 is 0. The van der Waals surface area contributed by atoms with Crippen LogP contribution in [0.15, 0.2) is 59.5 Å². The molecule has 2 aromatic rings. The lowest BCUT2D eigenvalue weighted by atomic mass is 9.98. The minimum absolute atomic E-state index is 0.0294. The maximum absolute atomic E-state index is 12.8. The SMILES string of the molecule is Cc1ccc([C@H](CCC(=O)O)N2CCN(S(=O)(=O)c3ccccc3)CC2)cc1. The van der Waals surface area contributed by atoms with Gasteiger partial charge in [0, 0.05) is 38.6 Å². The Balaban J connectivity index is 1.72. The summed E-state index contributed by atoms with van der Waals surface area (Å²) in [6, 6.07) is 16.6. The summed E-state index contributed by atoms with van der Waals surface area (Å²) in [5.74, 6) is -0.817. The zero-order valence-electron chi connectivity index (χ0n) is 16.0. The van der Waals surface area contributed by atoms with Crippen LogP contribution in [0.5, 0.6) is 0 Å². The number of rotatable bonds is 7. The summed E-state index contributed by atoms with van der Waals surface area (Å²) < 4.78 is 27.1. The molecular formula is C21H26N2O4S. The number of benzene rings is 2. The first kappa shape index (κ1) is 20.5. The molecule has 0 aromatic heterocycles. The van der Waals surface area contributed by atoms with Crippen LogP contribution in [0.2, 0.25) is 0 Å². The average Bonchev–Trinajstić information content (AvgIpc) is 2.70. The number of piperazine rings is 1. The van der Waals surface area contributed by atoms with Gasteiger partial charge in [-0.2, -0.15) is 4.31 Å². The Hall–Kier alpha value is -2.22. The second-order valence-corrected chi connectivity index (χ2v) is 9.05. The molecule has 28 heavy (non-hydrogen) atoms. The monoisotopic (exact) mass is 402 g/mol. The van der Waals surface area contributed by atoms with E-state index in [1.165, 1.54) is 4.31 Å². The van der Waals surface area contributed by atoms with Gasteiger partial charge >= 0.3 is 5.97 Å². The van der Waals surface area contributed by atoms with Gasteiger partial charge in [-0.05, 0) is 31.0 Å². The van der Waals surface area contributed by atoms with Crippen LogP contribution in [0.4, 0.5) is 0 Å². The van der Waals surface area contributed by atoms with E-state index < -0.39 is 16.0 Å². The Morgan fingerprint density at radius 3 is 2.18 bits per heavy atom. The number of aryl methyl sites for hydroxylation is 1. The first-order chi connectivity index (χ1) is 13.4. The lowest BCUT2D eigenvalue weighted by Crippen LogP contribution is -2.49. The summed E-state index contributed by atoms with van der Waals surface area (Å²) in [5, 5.41) is 9.12. The van der Waals surface area contributed by atoms with E-state index in [0.717, 1.165) is 11.1 Å². The van der Waals surface area contributed by atoms with Crippen LogP contribution in [0.3, 0.4) is 0 Å². The van der Waals surface area contributed by atoms with Crippen LogP contribution in [-0.2, 0) is 14.8 Å². The molecule has 6 nitrogen and oxygen atoms in total. The number of nitrogens with zero attached hydrogens (tertiary/aromatic N) is 2. The standard InChI is InChI=1S/C21H26N2O4S/c1-17-7-9-18(10-8-17)20(11-12-21(24)25)22-13-15-23(16-14-22)28(26,27)19-5-3-2-4-6-19/h2-10,20H,11-16H2,1H3,(H,24,25)/t20-/m0/s1. The predicted molar refractivity (Wildman–Crippen MR) is 108 cm³/mol. The average molecular weight is 403 g/mol. The van der Waals surface area contributed by atoms with Gasteiger partial charge in [-0.25, -0.2) is 8.42 Å². The third-order valence-electron chi connectivity index (χ3n) is 5.19. The van der Waals surface area contributed by atoms with Crippen molar-refractivity contribution < 1.29 is 18.3 Å². The molecule has 1 heterocycles. The molecule has 0 unspecified atom stereocenters. The number of hydrogen-bond donors (Lipinski definition) is 1. The second kappa shape index (κ2) is 8.86. The van der Waals surface area contributed by atoms with Gasteiger partial charge < -0.3 is 5.11 Å². The van der Waals surface area contributed by atoms with Crippen molar-refractivity contribution in [1.29, 1.82) is 0 Å². The zero-order valence-corrected chi connectivity index (χ0v) is 16.8. The molecule has 1 fully saturated rings. The Morgan fingerprint density at radius 2 is 1.61 bits per heavy atom. The van der Waals surface area contributed by atoms with E-state index in [-0.39, 0.29) is 12.5 Å².